The molecule has 0 N–H and O–H groups in total. The minimum Gasteiger partial charge on any atom is -0.446 e. The molecule has 6 nitrogen and oxygen atoms in total. The van der Waals surface area contributed by atoms with Crippen LogP contribution in [0.4, 0.5) is 18.9 Å². The first-order valence-electron chi connectivity index (χ1n) is 11.8. The highest BCUT2D eigenvalue weighted by molar-refractivity contribution is 5.99. The number of hydrogen-bond donors (Lipinski definition) is 0. The second kappa shape index (κ2) is 10.4. The maximum atomic E-state index is 12.9. The van der Waals surface area contributed by atoms with Gasteiger partial charge in [0.25, 0.3) is 5.91 Å². The fourth-order valence-electron chi connectivity index (χ4n) is 5.24. The van der Waals surface area contributed by atoms with E-state index in [2.05, 4.69) is 9.64 Å². The molecule has 3 atom stereocenters. The lowest BCUT2D eigenvalue weighted by Crippen LogP contribution is -2.48. The number of halogens is 3. The second-order valence-corrected chi connectivity index (χ2v) is 9.23. The van der Waals surface area contributed by atoms with Gasteiger partial charge in [0.1, 0.15) is 0 Å². The Bertz CT molecular complexity index is 841. The second-order valence-electron chi connectivity index (χ2n) is 9.23. The van der Waals surface area contributed by atoms with Crippen molar-refractivity contribution in [3.05, 3.63) is 29.8 Å². The largest absolute Gasteiger partial charge is 0.490 e. The monoisotopic (exact) mass is 468 g/mol. The summed E-state index contributed by atoms with van der Waals surface area (Å²) in [5.41, 5.74) is 1.66. The van der Waals surface area contributed by atoms with Crippen molar-refractivity contribution < 1.29 is 32.2 Å². The normalized spacial score (nSPS) is 27.1. The molecular weight excluding hydrogens is 437 g/mol. The molecule has 3 heterocycles. The van der Waals surface area contributed by atoms with Gasteiger partial charge in [0.2, 0.25) is 0 Å². The van der Waals surface area contributed by atoms with Crippen molar-refractivity contribution in [1.29, 1.82) is 0 Å². The molecule has 1 amide bonds. The van der Waals surface area contributed by atoms with Gasteiger partial charge in [-0.2, -0.15) is 13.2 Å². The molecule has 0 spiro atoms. The van der Waals surface area contributed by atoms with Crippen LogP contribution in [0.25, 0.3) is 0 Å². The van der Waals surface area contributed by atoms with E-state index in [4.69, 9.17) is 4.74 Å². The van der Waals surface area contributed by atoms with Crippen LogP contribution < -0.4 is 4.90 Å². The SMILES string of the molecule is O=C1C(OC(=O)C(F)(F)F)CCCN1c1ccccc1CCN1CCC(C2CCCOC2)C1. The number of rotatable bonds is 6. The van der Waals surface area contributed by atoms with E-state index in [0.717, 1.165) is 51.3 Å². The summed E-state index contributed by atoms with van der Waals surface area (Å²) in [6.07, 6.45) is -1.67. The fourth-order valence-corrected chi connectivity index (χ4v) is 5.24. The van der Waals surface area contributed by atoms with Crippen LogP contribution in [0.15, 0.2) is 24.3 Å². The molecule has 0 aromatic heterocycles. The van der Waals surface area contributed by atoms with Gasteiger partial charge < -0.3 is 19.3 Å². The van der Waals surface area contributed by atoms with Gasteiger partial charge >= 0.3 is 12.1 Å². The summed E-state index contributed by atoms with van der Waals surface area (Å²) in [4.78, 5) is 28.0. The summed E-state index contributed by atoms with van der Waals surface area (Å²) < 4.78 is 47.9. The van der Waals surface area contributed by atoms with E-state index < -0.39 is 24.2 Å². The minimum atomic E-state index is -5.11. The van der Waals surface area contributed by atoms with Crippen molar-refractivity contribution in [2.24, 2.45) is 11.8 Å². The molecule has 0 bridgehead atoms. The number of ether oxygens (including phenoxy) is 2. The van der Waals surface area contributed by atoms with Crippen LogP contribution in [0, 0.1) is 11.8 Å². The van der Waals surface area contributed by atoms with E-state index in [0.29, 0.717) is 30.5 Å². The zero-order valence-electron chi connectivity index (χ0n) is 18.7. The minimum absolute atomic E-state index is 0.0966. The summed E-state index contributed by atoms with van der Waals surface area (Å²) in [6, 6.07) is 7.48. The van der Waals surface area contributed by atoms with E-state index in [1.807, 2.05) is 24.3 Å². The van der Waals surface area contributed by atoms with Crippen molar-refractivity contribution in [3.8, 4) is 0 Å². The lowest BCUT2D eigenvalue weighted by Gasteiger charge is -2.33. The molecule has 9 heteroatoms. The number of amides is 1. The Morgan fingerprint density at radius 2 is 1.91 bits per heavy atom. The van der Waals surface area contributed by atoms with Crippen LogP contribution in [0.3, 0.4) is 0 Å². The van der Waals surface area contributed by atoms with Crippen LogP contribution in [0.1, 0.15) is 37.7 Å². The molecule has 1 aromatic rings. The summed E-state index contributed by atoms with van der Waals surface area (Å²) in [5, 5.41) is 0. The summed E-state index contributed by atoms with van der Waals surface area (Å²) >= 11 is 0. The number of para-hydroxylation sites is 1. The van der Waals surface area contributed by atoms with Crippen molar-refractivity contribution in [3.63, 3.8) is 0 Å². The first-order chi connectivity index (χ1) is 15.8. The molecule has 3 saturated heterocycles. The average molecular weight is 469 g/mol. The lowest BCUT2D eigenvalue weighted by atomic mass is 9.87. The molecule has 0 radical (unpaired) electrons. The molecule has 33 heavy (non-hydrogen) atoms. The standard InChI is InChI=1S/C24H31F3N2O4/c25-24(26,27)23(31)33-21-8-3-11-29(22(21)30)20-7-2-1-5-17(20)9-12-28-13-10-18(15-28)19-6-4-14-32-16-19/h1-2,5,7,18-19,21H,3-4,6,8-16H2. The Balaban J connectivity index is 1.37. The number of alkyl halides is 3. The number of anilines is 1. The quantitative estimate of drug-likeness (QED) is 0.598. The Morgan fingerprint density at radius 1 is 1.09 bits per heavy atom. The molecule has 3 aliphatic heterocycles. The number of likely N-dealkylation sites (tertiary alicyclic amines) is 1. The maximum absolute atomic E-state index is 12.9. The predicted molar refractivity (Wildman–Crippen MR) is 116 cm³/mol. The Kier molecular flexibility index (Phi) is 7.58. The summed E-state index contributed by atoms with van der Waals surface area (Å²) in [5.74, 6) is -1.61. The predicted octanol–water partition coefficient (Wildman–Crippen LogP) is 3.58. The Morgan fingerprint density at radius 3 is 2.67 bits per heavy atom. The number of nitrogens with zero attached hydrogens (tertiary/aromatic N) is 2. The number of carbonyl (C=O) groups excluding carboxylic acids is 2. The van der Waals surface area contributed by atoms with Crippen LogP contribution in [0.5, 0.6) is 0 Å². The van der Waals surface area contributed by atoms with E-state index in [1.54, 1.807) is 0 Å². The van der Waals surface area contributed by atoms with Gasteiger partial charge in [0, 0.05) is 38.5 Å². The summed E-state index contributed by atoms with van der Waals surface area (Å²) in [7, 11) is 0. The van der Waals surface area contributed by atoms with Crippen molar-refractivity contribution >= 4 is 17.6 Å². The summed E-state index contributed by atoms with van der Waals surface area (Å²) in [6.45, 7) is 5.07. The van der Waals surface area contributed by atoms with E-state index >= 15 is 0 Å². The van der Waals surface area contributed by atoms with Crippen molar-refractivity contribution in [2.45, 2.75) is 50.8 Å². The molecule has 182 valence electrons. The zero-order valence-corrected chi connectivity index (χ0v) is 18.7. The highest BCUT2D eigenvalue weighted by atomic mass is 19.4. The molecule has 1 aromatic carbocycles. The van der Waals surface area contributed by atoms with Crippen LogP contribution in [-0.4, -0.2) is 68.4 Å². The number of carbonyl (C=O) groups is 2. The van der Waals surface area contributed by atoms with Gasteiger partial charge in [-0.1, -0.05) is 18.2 Å². The molecule has 0 aliphatic carbocycles. The fraction of sp³-hybridized carbons (Fsp3) is 0.667. The van der Waals surface area contributed by atoms with E-state index in [-0.39, 0.29) is 6.42 Å². The average Bonchev–Trinajstić information content (AvgIpc) is 3.28. The molecule has 3 unspecified atom stereocenters. The molecular formula is C24H31F3N2O4. The van der Waals surface area contributed by atoms with Gasteiger partial charge in [0.15, 0.2) is 6.10 Å². The zero-order chi connectivity index (χ0) is 23.4. The third kappa shape index (κ3) is 5.87. The van der Waals surface area contributed by atoms with E-state index in [9.17, 15) is 22.8 Å². The van der Waals surface area contributed by atoms with Crippen molar-refractivity contribution in [2.75, 3.05) is 44.3 Å². The lowest BCUT2D eigenvalue weighted by molar-refractivity contribution is -0.205. The molecule has 4 rings (SSSR count). The van der Waals surface area contributed by atoms with Crippen LogP contribution in [-0.2, 0) is 25.5 Å². The van der Waals surface area contributed by atoms with Gasteiger partial charge in [-0.05, 0) is 68.5 Å². The maximum Gasteiger partial charge on any atom is 0.490 e. The molecule has 3 fully saturated rings. The third-order valence-corrected chi connectivity index (χ3v) is 7.02. The first-order valence-corrected chi connectivity index (χ1v) is 11.8. The Hall–Kier alpha value is -2.13. The smallest absolute Gasteiger partial charge is 0.446 e. The van der Waals surface area contributed by atoms with Gasteiger partial charge in [-0.15, -0.1) is 0 Å². The molecule has 3 aliphatic rings. The van der Waals surface area contributed by atoms with Crippen LogP contribution in [0.2, 0.25) is 0 Å². The highest BCUT2D eigenvalue weighted by Gasteiger charge is 2.44. The number of benzene rings is 1. The third-order valence-electron chi connectivity index (χ3n) is 7.02. The first kappa shape index (κ1) is 24.0. The topological polar surface area (TPSA) is 59.1 Å². The van der Waals surface area contributed by atoms with Gasteiger partial charge in [0.05, 0.1) is 0 Å². The highest BCUT2D eigenvalue weighted by Crippen LogP contribution is 2.31. The number of esters is 1. The van der Waals surface area contributed by atoms with Crippen LogP contribution >= 0.6 is 0 Å². The van der Waals surface area contributed by atoms with E-state index in [1.165, 1.54) is 17.7 Å². The molecule has 0 saturated carbocycles. The van der Waals surface area contributed by atoms with Gasteiger partial charge in [-0.3, -0.25) is 4.79 Å². The number of piperidine rings is 1. The number of hydrogen-bond acceptors (Lipinski definition) is 5. The van der Waals surface area contributed by atoms with Crippen molar-refractivity contribution in [1.82, 2.24) is 4.90 Å². The van der Waals surface area contributed by atoms with Gasteiger partial charge in [-0.25, -0.2) is 4.79 Å². The Labute approximate surface area is 192 Å².